The Hall–Kier alpha value is -4.68. The van der Waals surface area contributed by atoms with Crippen LogP contribution >= 0.6 is 0 Å². The predicted octanol–water partition coefficient (Wildman–Crippen LogP) is 9.77. The predicted molar refractivity (Wildman–Crippen MR) is 164 cm³/mol. The number of hydrogen-bond acceptors (Lipinski definition) is 0. The summed E-state index contributed by atoms with van der Waals surface area (Å²) < 4.78 is 0. The molecule has 0 bridgehead atoms. The summed E-state index contributed by atoms with van der Waals surface area (Å²) in [6, 6.07) is 57.9. The lowest BCUT2D eigenvalue weighted by atomic mass is 9.69. The second-order valence-corrected chi connectivity index (χ2v) is 10.7. The Morgan fingerprint density at radius 2 is 0.692 bits per heavy atom. The summed E-state index contributed by atoms with van der Waals surface area (Å²) in [5, 5.41) is 0. The van der Waals surface area contributed by atoms with Gasteiger partial charge in [0.2, 0.25) is 0 Å². The van der Waals surface area contributed by atoms with Gasteiger partial charge in [0, 0.05) is 5.41 Å². The molecule has 186 valence electrons. The zero-order chi connectivity index (χ0) is 26.1. The maximum absolute atomic E-state index is 2.47. The highest BCUT2D eigenvalue weighted by molar-refractivity contribution is 5.86. The van der Waals surface area contributed by atoms with Crippen LogP contribution < -0.4 is 0 Å². The van der Waals surface area contributed by atoms with Crippen LogP contribution in [0.1, 0.15) is 22.3 Å². The molecule has 0 unspecified atom stereocenters. The molecule has 39 heavy (non-hydrogen) atoms. The van der Waals surface area contributed by atoms with Gasteiger partial charge in [0.15, 0.2) is 0 Å². The second-order valence-electron chi connectivity index (χ2n) is 10.7. The van der Waals surface area contributed by atoms with Gasteiger partial charge in [-0.15, -0.1) is 0 Å². The maximum atomic E-state index is 2.47. The molecule has 0 aromatic heterocycles. The summed E-state index contributed by atoms with van der Waals surface area (Å²) in [6.45, 7) is 0. The van der Waals surface area contributed by atoms with E-state index in [0.29, 0.717) is 0 Å². The average Bonchev–Trinajstić information content (AvgIpc) is 3.27. The smallest absolute Gasteiger partial charge is 0.0296 e. The van der Waals surface area contributed by atoms with Crippen molar-refractivity contribution in [3.05, 3.63) is 180 Å². The molecule has 0 radical (unpaired) electrons. The summed E-state index contributed by atoms with van der Waals surface area (Å²) in [5.74, 6) is 0. The molecule has 0 heterocycles. The van der Waals surface area contributed by atoms with Gasteiger partial charge in [-0.25, -0.2) is 0 Å². The summed E-state index contributed by atoms with van der Waals surface area (Å²) in [6.07, 6.45) is 1.89. The molecule has 0 saturated heterocycles. The molecule has 0 fully saturated rings. The van der Waals surface area contributed by atoms with Gasteiger partial charge in [0.25, 0.3) is 0 Å². The van der Waals surface area contributed by atoms with Crippen molar-refractivity contribution < 1.29 is 0 Å². The van der Waals surface area contributed by atoms with Gasteiger partial charge < -0.3 is 0 Å². The Bertz CT molecular complexity index is 1580. The Morgan fingerprint density at radius 1 is 0.333 bits per heavy atom. The maximum Gasteiger partial charge on any atom is 0.0296 e. The van der Waals surface area contributed by atoms with Crippen LogP contribution in [0.3, 0.4) is 0 Å². The number of fused-ring (bicyclic) bond motifs is 3. The third-order valence-electron chi connectivity index (χ3n) is 8.27. The molecule has 0 heteroatoms. The molecule has 6 aromatic rings. The van der Waals surface area contributed by atoms with Crippen molar-refractivity contribution in [3.63, 3.8) is 0 Å². The Balaban J connectivity index is 1.50. The minimum absolute atomic E-state index is 0.192. The van der Waals surface area contributed by atoms with E-state index in [4.69, 9.17) is 0 Å². The molecule has 0 spiro atoms. The van der Waals surface area contributed by atoms with E-state index in [1.165, 1.54) is 55.6 Å². The fourth-order valence-corrected chi connectivity index (χ4v) is 6.45. The van der Waals surface area contributed by atoms with Crippen molar-refractivity contribution in [2.45, 2.75) is 18.3 Å². The Morgan fingerprint density at radius 3 is 1.08 bits per heavy atom. The first-order valence-corrected chi connectivity index (χ1v) is 13.8. The second kappa shape index (κ2) is 9.89. The first-order valence-electron chi connectivity index (χ1n) is 13.8. The van der Waals surface area contributed by atoms with Gasteiger partial charge in [-0.1, -0.05) is 146 Å². The molecule has 0 saturated carbocycles. The summed E-state index contributed by atoms with van der Waals surface area (Å²) >= 11 is 0. The minimum Gasteiger partial charge on any atom is -0.0622 e. The topological polar surface area (TPSA) is 0 Å². The van der Waals surface area contributed by atoms with Crippen molar-refractivity contribution in [1.82, 2.24) is 0 Å². The summed E-state index contributed by atoms with van der Waals surface area (Å²) in [7, 11) is 0. The molecule has 1 aliphatic rings. The van der Waals surface area contributed by atoms with Crippen molar-refractivity contribution >= 4 is 0 Å². The number of benzene rings is 6. The van der Waals surface area contributed by atoms with E-state index >= 15 is 0 Å². The third kappa shape index (κ3) is 4.29. The first-order chi connectivity index (χ1) is 19.3. The van der Waals surface area contributed by atoms with E-state index in [1.807, 2.05) is 0 Å². The van der Waals surface area contributed by atoms with Crippen molar-refractivity contribution in [2.24, 2.45) is 0 Å². The van der Waals surface area contributed by atoms with Crippen molar-refractivity contribution in [2.75, 3.05) is 0 Å². The third-order valence-corrected chi connectivity index (χ3v) is 8.27. The fraction of sp³-hybridized carbons (Fsp3) is 0.0769. The van der Waals surface area contributed by atoms with Gasteiger partial charge in [0.1, 0.15) is 0 Å². The lowest BCUT2D eigenvalue weighted by Crippen LogP contribution is -2.31. The number of rotatable bonds is 6. The van der Waals surface area contributed by atoms with Crippen LogP contribution in [0, 0.1) is 0 Å². The molecule has 0 aliphatic heterocycles. The van der Waals surface area contributed by atoms with Crippen LogP contribution in [-0.2, 0) is 18.3 Å². The van der Waals surface area contributed by atoms with Crippen molar-refractivity contribution in [3.8, 4) is 33.4 Å². The molecule has 0 atom stereocenters. The van der Waals surface area contributed by atoms with Crippen LogP contribution in [0.4, 0.5) is 0 Å². The van der Waals surface area contributed by atoms with Gasteiger partial charge in [0.05, 0.1) is 0 Å². The van der Waals surface area contributed by atoms with E-state index in [0.717, 1.165) is 12.8 Å². The van der Waals surface area contributed by atoms with Crippen LogP contribution in [0.15, 0.2) is 158 Å². The summed E-state index contributed by atoms with van der Waals surface area (Å²) in [4.78, 5) is 0. The van der Waals surface area contributed by atoms with E-state index < -0.39 is 0 Å². The zero-order valence-electron chi connectivity index (χ0n) is 21.9. The Labute approximate surface area is 231 Å². The van der Waals surface area contributed by atoms with E-state index in [1.54, 1.807) is 0 Å². The van der Waals surface area contributed by atoms with Gasteiger partial charge in [-0.3, -0.25) is 0 Å². The SMILES string of the molecule is c1ccc(CC2(Cc3ccccc3)c3cc(-c4ccccc4)ccc3-c3ccc(-c4ccccc4)cc32)cc1. The Kier molecular flexibility index (Phi) is 5.94. The van der Waals surface area contributed by atoms with Crippen molar-refractivity contribution in [1.29, 1.82) is 0 Å². The van der Waals surface area contributed by atoms with E-state index in [2.05, 4.69) is 158 Å². The average molecular weight is 499 g/mol. The highest BCUT2D eigenvalue weighted by Gasteiger charge is 2.43. The van der Waals surface area contributed by atoms with Crippen LogP contribution in [0.5, 0.6) is 0 Å². The van der Waals surface area contributed by atoms with Crippen LogP contribution in [-0.4, -0.2) is 0 Å². The minimum atomic E-state index is -0.192. The van der Waals surface area contributed by atoms with E-state index in [9.17, 15) is 0 Å². The molecular weight excluding hydrogens is 468 g/mol. The molecule has 0 nitrogen and oxygen atoms in total. The highest BCUT2D eigenvalue weighted by atomic mass is 14.5. The van der Waals surface area contributed by atoms with E-state index in [-0.39, 0.29) is 5.41 Å². The van der Waals surface area contributed by atoms with Crippen LogP contribution in [0.25, 0.3) is 33.4 Å². The first kappa shape index (κ1) is 23.4. The highest BCUT2D eigenvalue weighted by Crippen LogP contribution is 2.54. The molecule has 1 aliphatic carbocycles. The largest absolute Gasteiger partial charge is 0.0622 e. The van der Waals surface area contributed by atoms with Gasteiger partial charge in [-0.2, -0.15) is 0 Å². The van der Waals surface area contributed by atoms with Crippen LogP contribution in [0.2, 0.25) is 0 Å². The standard InChI is InChI=1S/C39H30/c1-5-13-29(14-6-1)27-39(28-30-15-7-2-8-16-30)37-25-33(31-17-9-3-10-18-31)21-23-35(37)36-24-22-34(26-38(36)39)32-19-11-4-12-20-32/h1-26H,27-28H2. The summed E-state index contributed by atoms with van der Waals surface area (Å²) in [5.41, 5.74) is 13.2. The molecule has 0 N–H and O–H groups in total. The molecule has 6 aromatic carbocycles. The normalized spacial score (nSPS) is 13.0. The van der Waals surface area contributed by atoms with Gasteiger partial charge >= 0.3 is 0 Å². The molecular formula is C39H30. The quantitative estimate of drug-likeness (QED) is 0.214. The number of hydrogen-bond donors (Lipinski definition) is 0. The fourth-order valence-electron chi connectivity index (χ4n) is 6.45. The lowest BCUT2D eigenvalue weighted by Gasteiger charge is -2.33. The molecule has 0 amide bonds. The zero-order valence-corrected chi connectivity index (χ0v) is 21.9. The monoisotopic (exact) mass is 498 g/mol. The van der Waals surface area contributed by atoms with Gasteiger partial charge in [-0.05, 0) is 80.6 Å². The molecule has 7 rings (SSSR count). The lowest BCUT2D eigenvalue weighted by molar-refractivity contribution is 0.520.